The third-order valence-corrected chi connectivity index (χ3v) is 2.25. The average Bonchev–Trinajstić information content (AvgIpc) is 2.27. The molecule has 0 aromatic heterocycles. The SMILES string of the molecule is CC(C)c1ccccc1NC(=O)NCC(N)=O. The van der Waals surface area contributed by atoms with Crippen LogP contribution in [0.25, 0.3) is 0 Å². The van der Waals surface area contributed by atoms with Gasteiger partial charge in [0.05, 0.1) is 6.54 Å². The fourth-order valence-electron chi connectivity index (χ4n) is 1.45. The first-order valence-electron chi connectivity index (χ1n) is 5.42. The van der Waals surface area contributed by atoms with Crippen LogP contribution in [-0.2, 0) is 4.79 Å². The number of nitrogens with two attached hydrogens (primary N) is 1. The fraction of sp³-hybridized carbons (Fsp3) is 0.333. The Bertz CT molecular complexity index is 416. The number of carbonyl (C=O) groups is 2. The lowest BCUT2D eigenvalue weighted by Crippen LogP contribution is -2.36. The van der Waals surface area contributed by atoms with E-state index in [1.54, 1.807) is 0 Å². The average molecular weight is 235 g/mol. The molecule has 0 fully saturated rings. The molecule has 4 N–H and O–H groups in total. The summed E-state index contributed by atoms with van der Waals surface area (Å²) in [5.41, 5.74) is 6.71. The zero-order chi connectivity index (χ0) is 12.8. The number of anilines is 1. The molecule has 92 valence electrons. The van der Waals surface area contributed by atoms with Crippen LogP contribution in [0.15, 0.2) is 24.3 Å². The van der Waals surface area contributed by atoms with Gasteiger partial charge in [0.1, 0.15) is 0 Å². The van der Waals surface area contributed by atoms with E-state index >= 15 is 0 Å². The number of benzene rings is 1. The second-order valence-corrected chi connectivity index (χ2v) is 4.02. The summed E-state index contributed by atoms with van der Waals surface area (Å²) >= 11 is 0. The molecule has 5 heteroatoms. The van der Waals surface area contributed by atoms with Crippen LogP contribution in [0.4, 0.5) is 10.5 Å². The molecular weight excluding hydrogens is 218 g/mol. The lowest BCUT2D eigenvalue weighted by Gasteiger charge is -2.13. The third kappa shape index (κ3) is 4.14. The van der Waals surface area contributed by atoms with E-state index in [-0.39, 0.29) is 6.54 Å². The van der Waals surface area contributed by atoms with Gasteiger partial charge < -0.3 is 16.4 Å². The molecule has 0 aliphatic carbocycles. The first-order valence-corrected chi connectivity index (χ1v) is 5.42. The van der Waals surface area contributed by atoms with Gasteiger partial charge in [0.2, 0.25) is 5.91 Å². The number of hydrogen-bond acceptors (Lipinski definition) is 2. The first kappa shape index (κ1) is 13.0. The Morgan fingerprint density at radius 2 is 1.94 bits per heavy atom. The Morgan fingerprint density at radius 3 is 2.53 bits per heavy atom. The summed E-state index contributed by atoms with van der Waals surface area (Å²) in [7, 11) is 0. The summed E-state index contributed by atoms with van der Waals surface area (Å²) in [5.74, 6) is -0.264. The van der Waals surface area contributed by atoms with Crippen LogP contribution in [0.2, 0.25) is 0 Å². The van der Waals surface area contributed by atoms with Crippen molar-refractivity contribution in [2.45, 2.75) is 19.8 Å². The number of carbonyl (C=O) groups excluding carboxylic acids is 2. The van der Waals surface area contributed by atoms with Crippen LogP contribution in [0.5, 0.6) is 0 Å². The first-order chi connectivity index (χ1) is 8.00. The molecular formula is C12H17N3O2. The van der Waals surface area contributed by atoms with E-state index in [1.807, 2.05) is 38.1 Å². The zero-order valence-electron chi connectivity index (χ0n) is 9.99. The van der Waals surface area contributed by atoms with Gasteiger partial charge in [0, 0.05) is 5.69 Å². The maximum atomic E-state index is 11.5. The highest BCUT2D eigenvalue weighted by atomic mass is 16.2. The number of hydrogen-bond donors (Lipinski definition) is 3. The van der Waals surface area contributed by atoms with Gasteiger partial charge in [-0.2, -0.15) is 0 Å². The van der Waals surface area contributed by atoms with Crippen molar-refractivity contribution in [1.82, 2.24) is 5.32 Å². The summed E-state index contributed by atoms with van der Waals surface area (Å²) < 4.78 is 0. The van der Waals surface area contributed by atoms with Gasteiger partial charge in [-0.3, -0.25) is 4.79 Å². The molecule has 0 aliphatic heterocycles. The molecule has 1 rings (SSSR count). The van der Waals surface area contributed by atoms with Crippen molar-refractivity contribution in [3.05, 3.63) is 29.8 Å². The van der Waals surface area contributed by atoms with Crippen molar-refractivity contribution in [1.29, 1.82) is 0 Å². The van der Waals surface area contributed by atoms with E-state index < -0.39 is 11.9 Å². The second kappa shape index (κ2) is 5.89. The minimum atomic E-state index is -0.572. The van der Waals surface area contributed by atoms with Crippen LogP contribution in [0.3, 0.4) is 0 Å². The zero-order valence-corrected chi connectivity index (χ0v) is 9.99. The highest BCUT2D eigenvalue weighted by Gasteiger charge is 2.08. The van der Waals surface area contributed by atoms with E-state index in [2.05, 4.69) is 10.6 Å². The molecule has 0 saturated heterocycles. The maximum absolute atomic E-state index is 11.5. The molecule has 0 spiro atoms. The monoisotopic (exact) mass is 235 g/mol. The van der Waals surface area contributed by atoms with Crippen molar-refractivity contribution in [2.24, 2.45) is 5.73 Å². The molecule has 0 atom stereocenters. The van der Waals surface area contributed by atoms with E-state index in [1.165, 1.54) is 0 Å². The van der Waals surface area contributed by atoms with Crippen molar-refractivity contribution >= 4 is 17.6 Å². The van der Waals surface area contributed by atoms with Gasteiger partial charge >= 0.3 is 6.03 Å². The van der Waals surface area contributed by atoms with Crippen molar-refractivity contribution < 1.29 is 9.59 Å². The number of nitrogens with one attached hydrogen (secondary N) is 2. The Hall–Kier alpha value is -2.04. The summed E-state index contributed by atoms with van der Waals surface area (Å²) in [4.78, 5) is 22.0. The molecule has 3 amide bonds. The van der Waals surface area contributed by atoms with Crippen molar-refractivity contribution in [3.8, 4) is 0 Å². The minimum Gasteiger partial charge on any atom is -0.368 e. The standard InChI is InChI=1S/C12H17N3O2/c1-8(2)9-5-3-4-6-10(9)15-12(17)14-7-11(13)16/h3-6,8H,7H2,1-2H3,(H2,13,16)(H2,14,15,17). The van der Waals surface area contributed by atoms with E-state index in [4.69, 9.17) is 5.73 Å². The molecule has 0 bridgehead atoms. The van der Waals surface area contributed by atoms with Crippen LogP contribution in [-0.4, -0.2) is 18.5 Å². The number of rotatable bonds is 4. The topological polar surface area (TPSA) is 84.2 Å². The lowest BCUT2D eigenvalue weighted by atomic mass is 10.0. The van der Waals surface area contributed by atoms with Crippen LogP contribution < -0.4 is 16.4 Å². The molecule has 0 saturated carbocycles. The molecule has 0 radical (unpaired) electrons. The molecule has 1 aromatic carbocycles. The van der Waals surface area contributed by atoms with Crippen molar-refractivity contribution in [3.63, 3.8) is 0 Å². The summed E-state index contributed by atoms with van der Waals surface area (Å²) in [6, 6.07) is 7.10. The minimum absolute atomic E-state index is 0.171. The van der Waals surface area contributed by atoms with Crippen LogP contribution >= 0.6 is 0 Å². The van der Waals surface area contributed by atoms with Gasteiger partial charge in [0.25, 0.3) is 0 Å². The largest absolute Gasteiger partial charge is 0.368 e. The smallest absolute Gasteiger partial charge is 0.319 e. The molecule has 17 heavy (non-hydrogen) atoms. The second-order valence-electron chi connectivity index (χ2n) is 4.02. The predicted molar refractivity (Wildman–Crippen MR) is 66.7 cm³/mol. The highest BCUT2D eigenvalue weighted by Crippen LogP contribution is 2.23. The normalized spacial score (nSPS) is 10.1. The fourth-order valence-corrected chi connectivity index (χ4v) is 1.45. The van der Waals surface area contributed by atoms with Gasteiger partial charge in [-0.05, 0) is 17.5 Å². The molecule has 0 heterocycles. The molecule has 0 aliphatic rings. The Balaban J connectivity index is 2.68. The van der Waals surface area contributed by atoms with Crippen molar-refractivity contribution in [2.75, 3.05) is 11.9 Å². The number of urea groups is 1. The van der Waals surface area contributed by atoms with Gasteiger partial charge in [0.15, 0.2) is 0 Å². The quantitative estimate of drug-likeness (QED) is 0.737. The maximum Gasteiger partial charge on any atom is 0.319 e. The van der Waals surface area contributed by atoms with E-state index in [0.717, 1.165) is 11.3 Å². The summed E-state index contributed by atoms with van der Waals surface area (Å²) in [6.45, 7) is 3.92. The van der Waals surface area contributed by atoms with Crippen LogP contribution in [0.1, 0.15) is 25.3 Å². The van der Waals surface area contributed by atoms with E-state index in [0.29, 0.717) is 5.92 Å². The Labute approximate surface area is 100 Å². The molecule has 5 nitrogen and oxygen atoms in total. The Morgan fingerprint density at radius 1 is 1.29 bits per heavy atom. The number of amides is 3. The molecule has 1 aromatic rings. The van der Waals surface area contributed by atoms with Gasteiger partial charge in [-0.1, -0.05) is 32.0 Å². The third-order valence-electron chi connectivity index (χ3n) is 2.25. The lowest BCUT2D eigenvalue weighted by molar-refractivity contribution is -0.117. The van der Waals surface area contributed by atoms with Crippen LogP contribution in [0, 0.1) is 0 Å². The molecule has 0 unspecified atom stereocenters. The van der Waals surface area contributed by atoms with Gasteiger partial charge in [-0.15, -0.1) is 0 Å². The Kier molecular flexibility index (Phi) is 4.51. The van der Waals surface area contributed by atoms with E-state index in [9.17, 15) is 9.59 Å². The predicted octanol–water partition coefficient (Wildman–Crippen LogP) is 1.42. The number of primary amides is 1. The summed E-state index contributed by atoms with van der Waals surface area (Å²) in [6.07, 6.45) is 0. The highest BCUT2D eigenvalue weighted by molar-refractivity contribution is 5.92. The summed E-state index contributed by atoms with van der Waals surface area (Å²) in [5, 5.41) is 5.06. The van der Waals surface area contributed by atoms with Gasteiger partial charge in [-0.25, -0.2) is 4.79 Å². The number of para-hydroxylation sites is 1.